The lowest BCUT2D eigenvalue weighted by Crippen LogP contribution is -2.51. The number of hydrazine groups is 1. The number of nitrogens with one attached hydrogen (secondary N) is 1. The zero-order chi connectivity index (χ0) is 13.8. The van der Waals surface area contributed by atoms with Gasteiger partial charge in [-0.25, -0.2) is 5.01 Å². The maximum absolute atomic E-state index is 6.26. The summed E-state index contributed by atoms with van der Waals surface area (Å²) in [5.41, 5.74) is 4.55. The van der Waals surface area contributed by atoms with Crippen molar-refractivity contribution in [1.29, 1.82) is 0 Å². The van der Waals surface area contributed by atoms with Gasteiger partial charge in [0.15, 0.2) is 0 Å². The maximum Gasteiger partial charge on any atom is 0.124 e. The van der Waals surface area contributed by atoms with Crippen molar-refractivity contribution >= 4 is 11.6 Å². The normalized spacial score (nSPS) is 24.4. The molecule has 4 heteroatoms. The van der Waals surface area contributed by atoms with Crippen LogP contribution in [-0.4, -0.2) is 24.2 Å². The second-order valence-electron chi connectivity index (χ2n) is 5.29. The van der Waals surface area contributed by atoms with Gasteiger partial charge in [0.1, 0.15) is 5.75 Å². The van der Waals surface area contributed by atoms with E-state index in [1.165, 1.54) is 19.3 Å². The summed E-state index contributed by atoms with van der Waals surface area (Å²) in [6.07, 6.45) is 3.81. The van der Waals surface area contributed by atoms with Gasteiger partial charge < -0.3 is 4.74 Å². The smallest absolute Gasteiger partial charge is 0.124 e. The van der Waals surface area contributed by atoms with Crippen LogP contribution in [0.2, 0.25) is 5.02 Å². The second kappa shape index (κ2) is 6.60. The van der Waals surface area contributed by atoms with E-state index >= 15 is 0 Å². The summed E-state index contributed by atoms with van der Waals surface area (Å²) < 4.78 is 5.38. The van der Waals surface area contributed by atoms with Gasteiger partial charge in [-0.05, 0) is 38.8 Å². The van der Waals surface area contributed by atoms with Crippen molar-refractivity contribution in [2.45, 2.75) is 51.7 Å². The van der Waals surface area contributed by atoms with Crippen molar-refractivity contribution in [3.8, 4) is 5.75 Å². The molecule has 2 rings (SSSR count). The van der Waals surface area contributed by atoms with Crippen LogP contribution >= 0.6 is 11.6 Å². The molecule has 1 aromatic rings. The molecule has 1 saturated heterocycles. The molecule has 0 aliphatic carbocycles. The van der Waals surface area contributed by atoms with E-state index in [0.717, 1.165) is 16.3 Å². The first kappa shape index (κ1) is 14.6. The Balaban J connectivity index is 2.05. The minimum Gasteiger partial charge on any atom is -0.496 e. The van der Waals surface area contributed by atoms with E-state index in [1.807, 2.05) is 18.2 Å². The second-order valence-corrected chi connectivity index (χ2v) is 5.70. The molecule has 1 aliphatic heterocycles. The van der Waals surface area contributed by atoms with Crippen molar-refractivity contribution in [3.63, 3.8) is 0 Å². The summed E-state index contributed by atoms with van der Waals surface area (Å²) in [5.74, 6) is 0.845. The topological polar surface area (TPSA) is 24.5 Å². The molecule has 0 saturated carbocycles. The summed E-state index contributed by atoms with van der Waals surface area (Å²) >= 11 is 6.26. The molecule has 0 aromatic heterocycles. The quantitative estimate of drug-likeness (QED) is 0.913. The molecule has 0 spiro atoms. The van der Waals surface area contributed by atoms with Gasteiger partial charge in [-0.3, -0.25) is 5.43 Å². The molecule has 3 nitrogen and oxygen atoms in total. The Morgan fingerprint density at radius 2 is 2.00 bits per heavy atom. The molecular weight excluding hydrogens is 260 g/mol. The number of piperidine rings is 1. The number of methoxy groups -OCH3 is 1. The van der Waals surface area contributed by atoms with Crippen LogP contribution in [-0.2, 0) is 6.54 Å². The third-order valence-electron chi connectivity index (χ3n) is 3.93. The van der Waals surface area contributed by atoms with Crippen LogP contribution in [0.25, 0.3) is 0 Å². The average molecular weight is 283 g/mol. The molecule has 0 radical (unpaired) electrons. The lowest BCUT2D eigenvalue weighted by atomic mass is 10.00. The highest BCUT2D eigenvalue weighted by molar-refractivity contribution is 6.31. The van der Waals surface area contributed by atoms with Crippen molar-refractivity contribution in [1.82, 2.24) is 10.4 Å². The fourth-order valence-electron chi connectivity index (χ4n) is 2.80. The monoisotopic (exact) mass is 282 g/mol. The Kier molecular flexibility index (Phi) is 5.08. The number of rotatable bonds is 4. The largest absolute Gasteiger partial charge is 0.496 e. The van der Waals surface area contributed by atoms with Crippen LogP contribution in [0.15, 0.2) is 18.2 Å². The molecule has 2 unspecified atom stereocenters. The number of hydrogen-bond donors (Lipinski definition) is 1. The lowest BCUT2D eigenvalue weighted by molar-refractivity contribution is 0.0433. The van der Waals surface area contributed by atoms with Crippen LogP contribution in [0.3, 0.4) is 0 Å². The number of ether oxygens (including phenoxy) is 1. The van der Waals surface area contributed by atoms with Gasteiger partial charge in [0.05, 0.1) is 7.11 Å². The van der Waals surface area contributed by atoms with Gasteiger partial charge in [0, 0.05) is 29.2 Å². The Labute approximate surface area is 120 Å². The minimum absolute atomic E-state index is 0.567. The molecule has 1 heterocycles. The Bertz CT molecular complexity index is 415. The Morgan fingerprint density at radius 1 is 1.32 bits per heavy atom. The summed E-state index contributed by atoms with van der Waals surface area (Å²) in [6.45, 7) is 5.25. The Morgan fingerprint density at radius 3 is 2.63 bits per heavy atom. The molecule has 0 amide bonds. The van der Waals surface area contributed by atoms with Gasteiger partial charge in [0.25, 0.3) is 0 Å². The van der Waals surface area contributed by atoms with E-state index in [4.69, 9.17) is 16.3 Å². The summed E-state index contributed by atoms with van der Waals surface area (Å²) in [4.78, 5) is 0. The highest BCUT2D eigenvalue weighted by Gasteiger charge is 2.24. The van der Waals surface area contributed by atoms with E-state index in [1.54, 1.807) is 7.11 Å². The van der Waals surface area contributed by atoms with E-state index in [2.05, 4.69) is 24.3 Å². The fourth-order valence-corrected chi connectivity index (χ4v) is 3.04. The summed E-state index contributed by atoms with van der Waals surface area (Å²) in [5, 5.41) is 3.11. The molecule has 19 heavy (non-hydrogen) atoms. The summed E-state index contributed by atoms with van der Waals surface area (Å²) in [6, 6.07) is 6.90. The first-order valence-electron chi connectivity index (χ1n) is 6.96. The molecule has 106 valence electrons. The van der Waals surface area contributed by atoms with Crippen LogP contribution in [0.4, 0.5) is 0 Å². The first-order valence-corrected chi connectivity index (χ1v) is 7.34. The van der Waals surface area contributed by atoms with Crippen molar-refractivity contribution in [2.75, 3.05) is 7.11 Å². The maximum atomic E-state index is 6.26. The number of halogens is 1. The number of benzene rings is 1. The first-order chi connectivity index (χ1) is 9.13. The predicted octanol–water partition coefficient (Wildman–Crippen LogP) is 3.62. The fraction of sp³-hybridized carbons (Fsp3) is 0.600. The van der Waals surface area contributed by atoms with Crippen LogP contribution in [0.1, 0.15) is 38.7 Å². The van der Waals surface area contributed by atoms with Gasteiger partial charge >= 0.3 is 0 Å². The standard InChI is InChI=1S/C15H23ClN2O/c1-11-6-4-7-12(2)18(11)17-10-13-14(16)8-5-9-15(13)19-3/h5,8-9,11-12,17H,4,6-7,10H2,1-3H3. The molecule has 1 N–H and O–H groups in total. The third kappa shape index (κ3) is 3.41. The predicted molar refractivity (Wildman–Crippen MR) is 79.5 cm³/mol. The van der Waals surface area contributed by atoms with Crippen LogP contribution < -0.4 is 10.2 Å². The molecule has 1 aliphatic rings. The lowest BCUT2D eigenvalue weighted by Gasteiger charge is -2.39. The minimum atomic E-state index is 0.567. The summed E-state index contributed by atoms with van der Waals surface area (Å²) in [7, 11) is 1.68. The van der Waals surface area contributed by atoms with Crippen LogP contribution in [0.5, 0.6) is 5.75 Å². The van der Waals surface area contributed by atoms with Gasteiger partial charge in [0.2, 0.25) is 0 Å². The number of hydrogen-bond acceptors (Lipinski definition) is 3. The van der Waals surface area contributed by atoms with E-state index < -0.39 is 0 Å². The van der Waals surface area contributed by atoms with Crippen molar-refractivity contribution in [3.05, 3.63) is 28.8 Å². The third-order valence-corrected chi connectivity index (χ3v) is 4.28. The zero-order valence-electron chi connectivity index (χ0n) is 11.9. The molecule has 1 aromatic carbocycles. The van der Waals surface area contributed by atoms with Gasteiger partial charge in [-0.15, -0.1) is 0 Å². The van der Waals surface area contributed by atoms with E-state index in [0.29, 0.717) is 18.6 Å². The van der Waals surface area contributed by atoms with E-state index in [-0.39, 0.29) is 0 Å². The van der Waals surface area contributed by atoms with Gasteiger partial charge in [-0.1, -0.05) is 24.1 Å². The highest BCUT2D eigenvalue weighted by Crippen LogP contribution is 2.27. The van der Waals surface area contributed by atoms with Crippen LogP contribution in [0, 0.1) is 0 Å². The van der Waals surface area contributed by atoms with E-state index in [9.17, 15) is 0 Å². The molecule has 0 bridgehead atoms. The SMILES string of the molecule is COc1cccc(Cl)c1CNN1C(C)CCCC1C. The molecule has 2 atom stereocenters. The zero-order valence-corrected chi connectivity index (χ0v) is 12.7. The van der Waals surface area contributed by atoms with Gasteiger partial charge in [-0.2, -0.15) is 0 Å². The number of nitrogens with zero attached hydrogens (tertiary/aromatic N) is 1. The highest BCUT2D eigenvalue weighted by atomic mass is 35.5. The van der Waals surface area contributed by atoms with Crippen molar-refractivity contribution in [2.24, 2.45) is 0 Å². The van der Waals surface area contributed by atoms with Crippen molar-refractivity contribution < 1.29 is 4.74 Å². The average Bonchev–Trinajstić information content (AvgIpc) is 2.39. The molecule has 1 fully saturated rings. The Hall–Kier alpha value is -0.770. The molecular formula is C15H23ClN2O.